The molecule has 2 aliphatic heterocycles. The van der Waals surface area contributed by atoms with E-state index in [0.717, 1.165) is 72.2 Å². The van der Waals surface area contributed by atoms with Crippen molar-refractivity contribution in [1.29, 1.82) is 0 Å². The summed E-state index contributed by atoms with van der Waals surface area (Å²) in [6, 6.07) is 7.84. The van der Waals surface area contributed by atoms with Gasteiger partial charge in [0.1, 0.15) is 6.61 Å². The fourth-order valence-corrected chi connectivity index (χ4v) is 4.43. The number of aromatic amines is 1. The molecule has 0 aliphatic carbocycles. The number of aromatic nitrogens is 3. The quantitative estimate of drug-likeness (QED) is 0.486. The summed E-state index contributed by atoms with van der Waals surface area (Å²) < 4.78 is 11.2. The first-order valence-electron chi connectivity index (χ1n) is 11.9. The number of hydrogen-bond donors (Lipinski definition) is 3. The van der Waals surface area contributed by atoms with Gasteiger partial charge in [0.25, 0.3) is 5.56 Å². The Labute approximate surface area is 204 Å². The molecular weight excluding hydrogens is 442 g/mol. The van der Waals surface area contributed by atoms with Gasteiger partial charge in [-0.3, -0.25) is 9.78 Å². The molecule has 0 unspecified atom stereocenters. The van der Waals surface area contributed by atoms with Crippen molar-refractivity contribution < 1.29 is 9.47 Å². The van der Waals surface area contributed by atoms with Crippen molar-refractivity contribution in [3.63, 3.8) is 0 Å². The van der Waals surface area contributed by atoms with Gasteiger partial charge in [-0.1, -0.05) is 12.7 Å². The van der Waals surface area contributed by atoms with E-state index in [-0.39, 0.29) is 5.56 Å². The first kappa shape index (κ1) is 22.9. The van der Waals surface area contributed by atoms with E-state index in [1.165, 1.54) is 0 Å². The molecule has 0 radical (unpaired) electrons. The first-order valence-corrected chi connectivity index (χ1v) is 11.9. The van der Waals surface area contributed by atoms with Gasteiger partial charge in [-0.2, -0.15) is 0 Å². The second-order valence-electron chi connectivity index (χ2n) is 8.77. The lowest BCUT2D eigenvalue weighted by Gasteiger charge is -2.21. The summed E-state index contributed by atoms with van der Waals surface area (Å²) in [5.74, 6) is 1.91. The minimum absolute atomic E-state index is 0.216. The molecule has 5 heterocycles. The van der Waals surface area contributed by atoms with Gasteiger partial charge in [0, 0.05) is 42.9 Å². The van der Waals surface area contributed by atoms with Gasteiger partial charge in [0.05, 0.1) is 24.0 Å². The molecule has 0 atom stereocenters. The molecule has 8 nitrogen and oxygen atoms in total. The highest BCUT2D eigenvalue weighted by molar-refractivity contribution is 5.87. The predicted octanol–water partition coefficient (Wildman–Crippen LogP) is 4.51. The monoisotopic (exact) mass is 471 g/mol. The molecule has 0 saturated carbocycles. The second-order valence-corrected chi connectivity index (χ2v) is 8.77. The number of pyridine rings is 3. The van der Waals surface area contributed by atoms with Gasteiger partial charge in [-0.05, 0) is 60.7 Å². The van der Waals surface area contributed by atoms with Crippen molar-refractivity contribution in [3.8, 4) is 5.75 Å². The SMILES string of the molecule is C=C(Nc1ccc(C2CCOCC2)nc1)c1c(/C=C(\C)c2cnc3c(c2)OCCN3)cc[nH]c1=O. The maximum atomic E-state index is 12.8. The Morgan fingerprint density at radius 3 is 2.83 bits per heavy atom. The summed E-state index contributed by atoms with van der Waals surface area (Å²) in [5.41, 5.74) is 5.25. The Balaban J connectivity index is 1.37. The molecule has 3 N–H and O–H groups in total. The molecule has 1 saturated heterocycles. The third kappa shape index (κ3) is 5.12. The van der Waals surface area contributed by atoms with Gasteiger partial charge < -0.3 is 25.1 Å². The van der Waals surface area contributed by atoms with Crippen molar-refractivity contribution in [2.45, 2.75) is 25.7 Å². The van der Waals surface area contributed by atoms with Crippen LogP contribution in [0, 0.1) is 0 Å². The smallest absolute Gasteiger partial charge is 0.257 e. The number of anilines is 2. The second kappa shape index (κ2) is 10.1. The van der Waals surface area contributed by atoms with E-state index in [2.05, 4.69) is 32.2 Å². The van der Waals surface area contributed by atoms with Crippen LogP contribution in [-0.4, -0.2) is 41.3 Å². The van der Waals surface area contributed by atoms with Gasteiger partial charge in [-0.25, -0.2) is 4.98 Å². The Morgan fingerprint density at radius 2 is 2.03 bits per heavy atom. The van der Waals surface area contributed by atoms with Crippen LogP contribution >= 0.6 is 0 Å². The predicted molar refractivity (Wildman–Crippen MR) is 139 cm³/mol. The summed E-state index contributed by atoms with van der Waals surface area (Å²) in [4.78, 5) is 24.6. The average molecular weight is 472 g/mol. The van der Waals surface area contributed by atoms with Crippen LogP contribution in [-0.2, 0) is 4.74 Å². The van der Waals surface area contributed by atoms with E-state index in [1.807, 2.05) is 37.3 Å². The number of nitrogens with one attached hydrogen (secondary N) is 3. The molecule has 0 spiro atoms. The summed E-state index contributed by atoms with van der Waals surface area (Å²) >= 11 is 0. The van der Waals surface area contributed by atoms with Crippen LogP contribution in [0.3, 0.4) is 0 Å². The van der Waals surface area contributed by atoms with Gasteiger partial charge in [-0.15, -0.1) is 0 Å². The first-order chi connectivity index (χ1) is 17.1. The van der Waals surface area contributed by atoms with Gasteiger partial charge >= 0.3 is 0 Å². The maximum absolute atomic E-state index is 12.8. The Bertz CT molecular complexity index is 1310. The number of rotatable bonds is 6. The number of hydrogen-bond acceptors (Lipinski definition) is 7. The molecule has 3 aromatic heterocycles. The third-order valence-corrected chi connectivity index (χ3v) is 6.35. The summed E-state index contributed by atoms with van der Waals surface area (Å²) in [5, 5.41) is 6.48. The molecule has 1 fully saturated rings. The molecule has 35 heavy (non-hydrogen) atoms. The largest absolute Gasteiger partial charge is 0.488 e. The zero-order chi connectivity index (χ0) is 24.2. The number of ether oxygens (including phenoxy) is 2. The van der Waals surface area contributed by atoms with Crippen molar-refractivity contribution in [3.05, 3.63) is 82.2 Å². The van der Waals surface area contributed by atoms with E-state index in [1.54, 1.807) is 18.6 Å². The van der Waals surface area contributed by atoms with Crippen LogP contribution in [0.5, 0.6) is 5.75 Å². The maximum Gasteiger partial charge on any atom is 0.257 e. The Hall–Kier alpha value is -3.91. The minimum Gasteiger partial charge on any atom is -0.488 e. The number of nitrogens with zero attached hydrogens (tertiary/aromatic N) is 2. The number of fused-ring (bicyclic) bond motifs is 1. The van der Waals surface area contributed by atoms with Crippen LogP contribution in [0.1, 0.15) is 48.1 Å². The molecule has 3 aromatic rings. The lowest BCUT2D eigenvalue weighted by Crippen LogP contribution is -2.19. The van der Waals surface area contributed by atoms with Crippen LogP contribution in [0.25, 0.3) is 17.3 Å². The van der Waals surface area contributed by atoms with E-state index < -0.39 is 0 Å². The fraction of sp³-hybridized carbons (Fsp3) is 0.296. The molecule has 0 amide bonds. The normalized spacial score (nSPS) is 16.1. The van der Waals surface area contributed by atoms with Crippen molar-refractivity contribution in [1.82, 2.24) is 15.0 Å². The molecule has 8 heteroatoms. The average Bonchev–Trinajstić information content (AvgIpc) is 2.89. The van der Waals surface area contributed by atoms with E-state index in [0.29, 0.717) is 23.8 Å². The molecular formula is C27H29N5O3. The number of H-pyrrole nitrogens is 1. The summed E-state index contributed by atoms with van der Waals surface area (Å²) in [6.07, 6.45) is 9.18. The van der Waals surface area contributed by atoms with Crippen molar-refractivity contribution >= 4 is 28.9 Å². The van der Waals surface area contributed by atoms with Crippen LogP contribution < -0.4 is 20.9 Å². The highest BCUT2D eigenvalue weighted by Crippen LogP contribution is 2.30. The topological polar surface area (TPSA) is 101 Å². The van der Waals surface area contributed by atoms with E-state index in [4.69, 9.17) is 9.47 Å². The molecule has 2 aliphatic rings. The Kier molecular flexibility index (Phi) is 6.63. The number of allylic oxidation sites excluding steroid dienone is 1. The standard InChI is InChI=1S/C27H29N5O3/c1-17(21-14-24-26(31-15-21)28-9-12-35-24)13-20-5-8-29-27(33)25(20)18(2)32-22-3-4-23(30-16-22)19-6-10-34-11-7-19/h3-5,8,13-16,19,32H,2,6-7,9-12H2,1H3,(H,28,31)(H,29,33)/b17-13+. The zero-order valence-corrected chi connectivity index (χ0v) is 19.8. The highest BCUT2D eigenvalue weighted by Gasteiger charge is 2.17. The summed E-state index contributed by atoms with van der Waals surface area (Å²) in [6.45, 7) is 9.04. The van der Waals surface area contributed by atoms with E-state index in [9.17, 15) is 4.79 Å². The molecule has 180 valence electrons. The highest BCUT2D eigenvalue weighted by atomic mass is 16.5. The van der Waals surface area contributed by atoms with E-state index >= 15 is 0 Å². The van der Waals surface area contributed by atoms with Crippen molar-refractivity contribution in [2.75, 3.05) is 37.0 Å². The van der Waals surface area contributed by atoms with Crippen LogP contribution in [0.4, 0.5) is 11.5 Å². The summed E-state index contributed by atoms with van der Waals surface area (Å²) in [7, 11) is 0. The Morgan fingerprint density at radius 1 is 1.17 bits per heavy atom. The zero-order valence-electron chi connectivity index (χ0n) is 19.8. The fourth-order valence-electron chi connectivity index (χ4n) is 4.43. The van der Waals surface area contributed by atoms with Gasteiger partial charge in [0.15, 0.2) is 11.6 Å². The lowest BCUT2D eigenvalue weighted by atomic mass is 9.96. The van der Waals surface area contributed by atoms with Gasteiger partial charge in [0.2, 0.25) is 0 Å². The molecule has 5 rings (SSSR count). The third-order valence-electron chi connectivity index (χ3n) is 6.35. The molecule has 0 aromatic carbocycles. The van der Waals surface area contributed by atoms with Crippen molar-refractivity contribution in [2.24, 2.45) is 0 Å². The van der Waals surface area contributed by atoms with Crippen LogP contribution in [0.2, 0.25) is 0 Å². The molecule has 0 bridgehead atoms. The van der Waals surface area contributed by atoms with Crippen LogP contribution in [0.15, 0.2) is 54.2 Å². The minimum atomic E-state index is -0.216. The lowest BCUT2D eigenvalue weighted by molar-refractivity contribution is 0.0845.